The van der Waals surface area contributed by atoms with Crippen LogP contribution < -0.4 is 0 Å². The molecule has 1 fully saturated rings. The number of hydrogen-bond acceptors (Lipinski definition) is 5. The Morgan fingerprint density at radius 1 is 1.32 bits per heavy atom. The maximum atomic E-state index is 6.43. The van der Waals surface area contributed by atoms with Gasteiger partial charge >= 0.3 is 0 Å². The molecule has 0 atom stereocenters. The third kappa shape index (κ3) is 4.44. The van der Waals surface area contributed by atoms with E-state index in [1.54, 1.807) is 6.08 Å². The van der Waals surface area contributed by atoms with E-state index in [1.165, 1.54) is 0 Å². The first-order chi connectivity index (χ1) is 12.2. The summed E-state index contributed by atoms with van der Waals surface area (Å²) in [6.07, 6.45) is 5.79. The van der Waals surface area contributed by atoms with Gasteiger partial charge in [0.15, 0.2) is 5.84 Å². The summed E-state index contributed by atoms with van der Waals surface area (Å²) in [7, 11) is 0. The van der Waals surface area contributed by atoms with Gasteiger partial charge in [-0.15, -0.1) is 0 Å². The molecule has 25 heavy (non-hydrogen) atoms. The number of rotatable bonds is 4. The lowest BCUT2D eigenvalue weighted by molar-refractivity contribution is 0.0554. The molecule has 2 aliphatic heterocycles. The highest BCUT2D eigenvalue weighted by atomic mass is 35.5. The van der Waals surface area contributed by atoms with Gasteiger partial charge in [0.1, 0.15) is 10.9 Å². The molecule has 3 rings (SSSR count). The zero-order valence-corrected chi connectivity index (χ0v) is 15.0. The number of morpholine rings is 1. The number of aromatic nitrogens is 1. The van der Waals surface area contributed by atoms with Crippen molar-refractivity contribution in [2.75, 3.05) is 32.8 Å². The minimum absolute atomic E-state index is 0.455. The summed E-state index contributed by atoms with van der Waals surface area (Å²) in [5, 5.41) is 0.455. The Kier molecular flexibility index (Phi) is 5.79. The molecule has 0 spiro atoms. The van der Waals surface area contributed by atoms with Crippen molar-refractivity contribution in [3.05, 3.63) is 65.7 Å². The molecule has 130 valence electrons. The van der Waals surface area contributed by atoms with Gasteiger partial charge in [-0.2, -0.15) is 0 Å². The fourth-order valence-electron chi connectivity index (χ4n) is 2.70. The number of aliphatic imine (C=N–C) groups is 2. The lowest BCUT2D eigenvalue weighted by Gasteiger charge is -2.30. The van der Waals surface area contributed by atoms with Crippen molar-refractivity contribution < 1.29 is 4.74 Å². The minimum atomic E-state index is 0.455. The summed E-state index contributed by atoms with van der Waals surface area (Å²) < 4.78 is 5.42. The maximum absolute atomic E-state index is 6.43. The molecule has 6 heteroatoms. The van der Waals surface area contributed by atoms with Crippen LogP contribution in [0.1, 0.15) is 11.4 Å². The summed E-state index contributed by atoms with van der Waals surface area (Å²) in [6.45, 7) is 9.37. The highest BCUT2D eigenvalue weighted by Crippen LogP contribution is 2.18. The third-order valence-electron chi connectivity index (χ3n) is 3.97. The van der Waals surface area contributed by atoms with Crippen LogP contribution in [0.5, 0.6) is 0 Å². The number of aryl methyl sites for hydroxylation is 1. The van der Waals surface area contributed by atoms with E-state index in [9.17, 15) is 0 Å². The van der Waals surface area contributed by atoms with E-state index < -0.39 is 0 Å². The van der Waals surface area contributed by atoms with Crippen LogP contribution in [0.4, 0.5) is 0 Å². The average molecular weight is 357 g/mol. The van der Waals surface area contributed by atoms with Gasteiger partial charge < -0.3 is 9.64 Å². The van der Waals surface area contributed by atoms with Gasteiger partial charge in [0, 0.05) is 30.1 Å². The average Bonchev–Trinajstić information content (AvgIpc) is 2.63. The molecule has 0 amide bonds. The first-order valence-corrected chi connectivity index (χ1v) is 8.64. The predicted molar refractivity (Wildman–Crippen MR) is 102 cm³/mol. The highest BCUT2D eigenvalue weighted by Gasteiger charge is 2.17. The Labute approximate surface area is 153 Å². The monoisotopic (exact) mass is 356 g/mol. The number of nitrogens with zero attached hydrogens (tertiary/aromatic N) is 4. The zero-order chi connectivity index (χ0) is 17.6. The normalized spacial score (nSPS) is 20.3. The van der Waals surface area contributed by atoms with E-state index in [0.717, 1.165) is 49.0 Å². The van der Waals surface area contributed by atoms with Gasteiger partial charge in [-0.05, 0) is 31.2 Å². The molecule has 0 N–H and O–H groups in total. The standard InChI is InChI=1S/C19H21ClN4O/c1-3-5-16(24-8-10-25-11-9-24)12-15-13-21-19(23-18(15)20)17-7-4-6-14(2)22-17/h3-7,12H,1,8-11,13H2,2H3/b15-12+,16-5+. The first-order valence-electron chi connectivity index (χ1n) is 8.26. The van der Waals surface area contributed by atoms with Crippen LogP contribution in [0.2, 0.25) is 0 Å². The topological polar surface area (TPSA) is 50.1 Å². The highest BCUT2D eigenvalue weighted by molar-refractivity contribution is 6.70. The predicted octanol–water partition coefficient (Wildman–Crippen LogP) is 3.12. The molecule has 0 saturated carbocycles. The SMILES string of the molecule is C=C/C=C(\C=C1/CN=C(c2cccc(C)n2)N=C1Cl)N1CCOCC1. The summed E-state index contributed by atoms with van der Waals surface area (Å²) in [4.78, 5) is 15.7. The lowest BCUT2D eigenvalue weighted by Crippen LogP contribution is -2.35. The number of pyridine rings is 1. The van der Waals surface area contributed by atoms with Crippen molar-refractivity contribution in [3.8, 4) is 0 Å². The van der Waals surface area contributed by atoms with E-state index in [0.29, 0.717) is 17.6 Å². The number of allylic oxidation sites excluding steroid dienone is 3. The second kappa shape index (κ2) is 8.23. The number of amidine groups is 1. The molecule has 1 aromatic rings. The lowest BCUT2D eigenvalue weighted by atomic mass is 10.1. The van der Waals surface area contributed by atoms with Crippen molar-refractivity contribution in [1.29, 1.82) is 0 Å². The van der Waals surface area contributed by atoms with E-state index in [-0.39, 0.29) is 0 Å². The molecule has 0 aromatic carbocycles. The second-order valence-electron chi connectivity index (χ2n) is 5.80. The number of halogens is 1. The largest absolute Gasteiger partial charge is 0.378 e. The Morgan fingerprint density at radius 2 is 2.12 bits per heavy atom. The molecule has 1 aromatic heterocycles. The fraction of sp³-hybridized carbons (Fsp3) is 0.316. The van der Waals surface area contributed by atoms with Crippen LogP contribution in [-0.2, 0) is 4.74 Å². The summed E-state index contributed by atoms with van der Waals surface area (Å²) in [5.41, 5.74) is 3.61. The van der Waals surface area contributed by atoms with Crippen molar-refractivity contribution in [2.45, 2.75) is 6.92 Å². The first kappa shape index (κ1) is 17.6. The van der Waals surface area contributed by atoms with Gasteiger partial charge in [0.2, 0.25) is 0 Å². The van der Waals surface area contributed by atoms with Crippen molar-refractivity contribution in [2.24, 2.45) is 9.98 Å². The third-order valence-corrected chi connectivity index (χ3v) is 4.30. The fourth-order valence-corrected chi connectivity index (χ4v) is 2.90. The number of hydrogen-bond donors (Lipinski definition) is 0. The Hall–Kier alpha value is -2.24. The molecular formula is C19H21ClN4O. The van der Waals surface area contributed by atoms with E-state index in [4.69, 9.17) is 16.3 Å². The van der Waals surface area contributed by atoms with Crippen LogP contribution in [-0.4, -0.2) is 53.7 Å². The molecule has 0 aliphatic carbocycles. The van der Waals surface area contributed by atoms with Gasteiger partial charge in [-0.1, -0.05) is 30.3 Å². The van der Waals surface area contributed by atoms with E-state index in [2.05, 4.69) is 26.4 Å². The Morgan fingerprint density at radius 3 is 2.80 bits per heavy atom. The van der Waals surface area contributed by atoms with Crippen LogP contribution >= 0.6 is 11.6 Å². The maximum Gasteiger partial charge on any atom is 0.175 e. The summed E-state index contributed by atoms with van der Waals surface area (Å²) in [6, 6.07) is 5.78. The molecule has 0 bridgehead atoms. The quantitative estimate of drug-likeness (QED) is 0.779. The van der Waals surface area contributed by atoms with Crippen molar-refractivity contribution in [1.82, 2.24) is 9.88 Å². The van der Waals surface area contributed by atoms with Crippen LogP contribution in [0.15, 0.2) is 64.3 Å². The molecular weight excluding hydrogens is 336 g/mol. The van der Waals surface area contributed by atoms with E-state index in [1.807, 2.05) is 37.3 Å². The van der Waals surface area contributed by atoms with Gasteiger partial charge in [0.25, 0.3) is 0 Å². The molecule has 0 unspecified atom stereocenters. The molecule has 3 heterocycles. The van der Waals surface area contributed by atoms with E-state index >= 15 is 0 Å². The van der Waals surface area contributed by atoms with Crippen molar-refractivity contribution in [3.63, 3.8) is 0 Å². The van der Waals surface area contributed by atoms with Gasteiger partial charge in [-0.25, -0.2) is 9.98 Å². The molecule has 5 nitrogen and oxygen atoms in total. The smallest absolute Gasteiger partial charge is 0.175 e. The van der Waals surface area contributed by atoms with Gasteiger partial charge in [-0.3, -0.25) is 4.99 Å². The summed E-state index contributed by atoms with van der Waals surface area (Å²) >= 11 is 6.43. The minimum Gasteiger partial charge on any atom is -0.378 e. The summed E-state index contributed by atoms with van der Waals surface area (Å²) in [5.74, 6) is 0.575. The zero-order valence-electron chi connectivity index (χ0n) is 14.3. The number of ether oxygens (including phenoxy) is 1. The molecule has 2 aliphatic rings. The molecule has 1 saturated heterocycles. The van der Waals surface area contributed by atoms with Gasteiger partial charge in [0.05, 0.1) is 19.8 Å². The van der Waals surface area contributed by atoms with Crippen LogP contribution in [0, 0.1) is 6.92 Å². The Bertz CT molecular complexity index is 773. The van der Waals surface area contributed by atoms with Crippen LogP contribution in [0.25, 0.3) is 0 Å². The van der Waals surface area contributed by atoms with Crippen molar-refractivity contribution >= 4 is 22.6 Å². The molecule has 0 radical (unpaired) electrons. The van der Waals surface area contributed by atoms with Crippen LogP contribution in [0.3, 0.4) is 0 Å². The Balaban J connectivity index is 1.82. The second-order valence-corrected chi connectivity index (χ2v) is 6.16.